The number of halogens is 3. The van der Waals surface area contributed by atoms with Crippen molar-refractivity contribution in [3.05, 3.63) is 128 Å². The number of aromatic carboxylic acids is 1. The second kappa shape index (κ2) is 12.8. The Morgan fingerprint density at radius 3 is 2.52 bits per heavy atom. The number of hydrogen-bond donors (Lipinski definition) is 3. The Kier molecular flexibility index (Phi) is 8.63. The molecule has 0 spiro atoms. The van der Waals surface area contributed by atoms with Gasteiger partial charge in [0, 0.05) is 19.7 Å². The topological polar surface area (TPSA) is 146 Å². The van der Waals surface area contributed by atoms with Crippen molar-refractivity contribution in [1.29, 1.82) is 0 Å². The first-order chi connectivity index (χ1) is 22.9. The fraction of sp³-hybridized carbons (Fsp3) is 0.176. The minimum absolute atomic E-state index is 0.0234. The number of amides is 3. The van der Waals surface area contributed by atoms with Crippen molar-refractivity contribution < 1.29 is 33.1 Å². The zero-order valence-corrected chi connectivity index (χ0v) is 26.3. The molecule has 0 bridgehead atoms. The molecule has 5 aromatic rings. The van der Waals surface area contributed by atoms with Gasteiger partial charge < -0.3 is 20.6 Å². The van der Waals surface area contributed by atoms with Gasteiger partial charge in [-0.05, 0) is 72.4 Å². The molecule has 244 valence electrons. The molecule has 6 rings (SSSR count). The number of nitrogens with one attached hydrogen (secondary N) is 2. The number of carboxylic acid groups (broad SMARTS) is 1. The number of rotatable bonds is 8. The Morgan fingerprint density at radius 2 is 1.79 bits per heavy atom. The first-order valence-electron chi connectivity index (χ1n) is 14.7. The summed E-state index contributed by atoms with van der Waals surface area (Å²) in [5.41, 5.74) is 2.66. The van der Waals surface area contributed by atoms with E-state index in [1.807, 2.05) is 0 Å². The van der Waals surface area contributed by atoms with E-state index in [9.17, 15) is 33.1 Å². The summed E-state index contributed by atoms with van der Waals surface area (Å²) in [5.74, 6) is -5.09. The lowest BCUT2D eigenvalue weighted by Crippen LogP contribution is -2.31. The van der Waals surface area contributed by atoms with Crippen LogP contribution in [0.4, 0.5) is 14.5 Å². The molecule has 3 N–H and O–H groups in total. The minimum atomic E-state index is -1.08. The van der Waals surface area contributed by atoms with Crippen LogP contribution in [0.25, 0.3) is 5.65 Å². The molecular weight excluding hydrogens is 646 g/mol. The molecule has 14 heteroatoms. The monoisotopic (exact) mass is 672 g/mol. The number of carbonyl (C=O) groups is 4. The lowest BCUT2D eigenvalue weighted by Gasteiger charge is -2.18. The van der Waals surface area contributed by atoms with Crippen LogP contribution in [-0.2, 0) is 13.0 Å². The normalized spacial score (nSPS) is 13.6. The predicted molar refractivity (Wildman–Crippen MR) is 171 cm³/mol. The molecule has 0 saturated carbocycles. The van der Waals surface area contributed by atoms with Gasteiger partial charge in [-0.2, -0.15) is 5.10 Å². The molecule has 3 amide bonds. The van der Waals surface area contributed by atoms with Crippen molar-refractivity contribution in [2.75, 3.05) is 11.9 Å². The van der Waals surface area contributed by atoms with Crippen LogP contribution >= 0.6 is 11.6 Å². The average molecular weight is 673 g/mol. The highest BCUT2D eigenvalue weighted by molar-refractivity contribution is 6.34. The standard InChI is InChI=1S/C34H27ClF2N6O5/c1-17-19-10-12-26(21(19)9-8-20(17)34(47)48)41-32(45)29-14-27(31(44)38-15-18-7-11-24(36)25(37)13-18)40-30-22(16-39-43(29)30)33(46)42(2)28-6-4-3-5-23(28)35/h3-9,11,13-14,16,26H,10,12,15H2,1-2H3,(H,38,44)(H,41,45)(H,47,48)/t26-/m0/s1. The predicted octanol–water partition coefficient (Wildman–Crippen LogP) is 5.29. The average Bonchev–Trinajstić information content (AvgIpc) is 3.69. The third kappa shape index (κ3) is 5.95. The van der Waals surface area contributed by atoms with Gasteiger partial charge in [0.25, 0.3) is 17.7 Å². The third-order valence-electron chi connectivity index (χ3n) is 8.35. The highest BCUT2D eigenvalue weighted by Gasteiger charge is 2.30. The molecular formula is C34H27ClF2N6O5. The second-order valence-electron chi connectivity index (χ2n) is 11.2. The zero-order valence-electron chi connectivity index (χ0n) is 25.6. The van der Waals surface area contributed by atoms with E-state index in [4.69, 9.17) is 11.6 Å². The SMILES string of the molecule is Cc1c(C(=O)O)ccc2c1CC[C@@H]2NC(=O)c1cc(C(=O)NCc2ccc(F)c(F)c2)nc2c(C(=O)N(C)c3ccccc3Cl)cnn12. The van der Waals surface area contributed by atoms with E-state index in [1.54, 1.807) is 37.3 Å². The smallest absolute Gasteiger partial charge is 0.335 e. The van der Waals surface area contributed by atoms with Gasteiger partial charge >= 0.3 is 5.97 Å². The number of hydrogen-bond acceptors (Lipinski definition) is 6. The lowest BCUT2D eigenvalue weighted by molar-refractivity contribution is 0.0695. The number of nitrogens with zero attached hydrogens (tertiary/aromatic N) is 4. The minimum Gasteiger partial charge on any atom is -0.478 e. The van der Waals surface area contributed by atoms with Crippen LogP contribution in [0.5, 0.6) is 0 Å². The molecule has 1 aliphatic rings. The maximum atomic E-state index is 13.9. The highest BCUT2D eigenvalue weighted by Crippen LogP contribution is 2.35. The van der Waals surface area contributed by atoms with E-state index in [1.165, 1.54) is 36.3 Å². The van der Waals surface area contributed by atoms with E-state index < -0.39 is 41.4 Å². The van der Waals surface area contributed by atoms with Crippen LogP contribution in [-0.4, -0.2) is 50.4 Å². The van der Waals surface area contributed by atoms with E-state index in [0.717, 1.165) is 27.8 Å². The molecule has 1 atom stereocenters. The van der Waals surface area contributed by atoms with Crippen LogP contribution in [0.1, 0.15) is 76.4 Å². The van der Waals surface area contributed by atoms with Crippen LogP contribution in [0.3, 0.4) is 0 Å². The maximum Gasteiger partial charge on any atom is 0.335 e. The van der Waals surface area contributed by atoms with E-state index in [2.05, 4.69) is 20.7 Å². The van der Waals surface area contributed by atoms with E-state index >= 15 is 0 Å². The molecule has 11 nitrogen and oxygen atoms in total. The number of anilines is 1. The molecule has 0 unspecified atom stereocenters. The van der Waals surface area contributed by atoms with Crippen LogP contribution in [0, 0.1) is 18.6 Å². The van der Waals surface area contributed by atoms with Crippen molar-refractivity contribution in [2.45, 2.75) is 32.4 Å². The van der Waals surface area contributed by atoms with Gasteiger partial charge in [-0.25, -0.2) is 23.1 Å². The molecule has 0 saturated heterocycles. The summed E-state index contributed by atoms with van der Waals surface area (Å²) in [6.07, 6.45) is 2.29. The second-order valence-corrected chi connectivity index (χ2v) is 11.6. The molecule has 2 aromatic heterocycles. The number of fused-ring (bicyclic) bond motifs is 2. The summed E-state index contributed by atoms with van der Waals surface area (Å²) in [7, 11) is 1.51. The summed E-state index contributed by atoms with van der Waals surface area (Å²) < 4.78 is 28.3. The lowest BCUT2D eigenvalue weighted by atomic mass is 9.98. The number of carbonyl (C=O) groups excluding carboxylic acids is 3. The molecule has 0 aliphatic heterocycles. The number of aromatic nitrogens is 3. The fourth-order valence-corrected chi connectivity index (χ4v) is 6.08. The first-order valence-corrected chi connectivity index (χ1v) is 15.1. The Morgan fingerprint density at radius 1 is 1.02 bits per heavy atom. The van der Waals surface area contributed by atoms with Crippen molar-refractivity contribution in [2.24, 2.45) is 0 Å². The Hall–Kier alpha value is -5.69. The molecule has 1 aliphatic carbocycles. The molecule has 3 aromatic carbocycles. The van der Waals surface area contributed by atoms with Gasteiger partial charge in [-0.1, -0.05) is 35.9 Å². The molecule has 48 heavy (non-hydrogen) atoms. The van der Waals surface area contributed by atoms with Crippen molar-refractivity contribution in [1.82, 2.24) is 25.2 Å². The van der Waals surface area contributed by atoms with Crippen molar-refractivity contribution in [3.8, 4) is 0 Å². The number of benzene rings is 3. The van der Waals surface area contributed by atoms with Crippen LogP contribution in [0.15, 0.2) is 66.9 Å². The summed E-state index contributed by atoms with van der Waals surface area (Å²) in [6.45, 7) is 1.55. The highest BCUT2D eigenvalue weighted by atomic mass is 35.5. The molecule has 0 radical (unpaired) electrons. The van der Waals surface area contributed by atoms with Crippen LogP contribution < -0.4 is 15.5 Å². The van der Waals surface area contributed by atoms with Gasteiger partial charge in [0.05, 0.1) is 28.5 Å². The van der Waals surface area contributed by atoms with Crippen LogP contribution in [0.2, 0.25) is 5.02 Å². The summed E-state index contributed by atoms with van der Waals surface area (Å²) >= 11 is 6.32. The first kappa shape index (κ1) is 32.3. The Balaban J connectivity index is 1.36. The van der Waals surface area contributed by atoms with Gasteiger partial charge in [-0.15, -0.1) is 0 Å². The van der Waals surface area contributed by atoms with E-state index in [-0.39, 0.29) is 40.3 Å². The quantitative estimate of drug-likeness (QED) is 0.203. The summed E-state index contributed by atoms with van der Waals surface area (Å²) in [4.78, 5) is 58.2. The summed E-state index contributed by atoms with van der Waals surface area (Å²) in [6, 6.07) is 13.8. The number of carboxylic acids is 1. The van der Waals surface area contributed by atoms with Gasteiger partial charge in [-0.3, -0.25) is 14.4 Å². The Bertz CT molecular complexity index is 2150. The molecule has 2 heterocycles. The number of para-hydroxylation sites is 1. The third-order valence-corrected chi connectivity index (χ3v) is 8.67. The summed E-state index contributed by atoms with van der Waals surface area (Å²) in [5, 5.41) is 19.7. The van der Waals surface area contributed by atoms with Crippen molar-refractivity contribution in [3.63, 3.8) is 0 Å². The van der Waals surface area contributed by atoms with Gasteiger partial charge in [0.2, 0.25) is 0 Å². The maximum absolute atomic E-state index is 13.9. The largest absolute Gasteiger partial charge is 0.478 e. The van der Waals surface area contributed by atoms with E-state index in [0.29, 0.717) is 29.1 Å². The Labute approximate surface area is 277 Å². The molecule has 0 fully saturated rings. The fourth-order valence-electron chi connectivity index (χ4n) is 5.82. The zero-order chi connectivity index (χ0) is 34.3. The van der Waals surface area contributed by atoms with Crippen molar-refractivity contribution >= 4 is 46.6 Å². The van der Waals surface area contributed by atoms with Gasteiger partial charge in [0.15, 0.2) is 17.3 Å². The van der Waals surface area contributed by atoms with Gasteiger partial charge in [0.1, 0.15) is 17.0 Å².